The molecule has 1 aliphatic heterocycles. The summed E-state index contributed by atoms with van der Waals surface area (Å²) >= 11 is 0. The molecule has 5 nitrogen and oxygen atoms in total. The van der Waals surface area contributed by atoms with Gasteiger partial charge >= 0.3 is 0 Å². The first-order chi connectivity index (χ1) is 12.7. The molecule has 0 N–H and O–H groups in total. The molecule has 3 aromatic rings. The SMILES string of the molecule is COc1ccc(/C=C2\CCCn3c2nc2ccccc2c3=O)cc1OC. The van der Waals surface area contributed by atoms with E-state index in [0.717, 1.165) is 35.3 Å². The molecule has 1 aliphatic rings. The van der Waals surface area contributed by atoms with E-state index in [4.69, 9.17) is 14.5 Å². The molecule has 26 heavy (non-hydrogen) atoms. The summed E-state index contributed by atoms with van der Waals surface area (Å²) in [6, 6.07) is 13.3. The third-order valence-corrected chi connectivity index (χ3v) is 4.73. The number of nitrogens with zero attached hydrogens (tertiary/aromatic N) is 2. The van der Waals surface area contributed by atoms with Gasteiger partial charge in [-0.1, -0.05) is 18.2 Å². The van der Waals surface area contributed by atoms with Crippen LogP contribution in [0, 0.1) is 0 Å². The van der Waals surface area contributed by atoms with Crippen LogP contribution in [0.5, 0.6) is 11.5 Å². The van der Waals surface area contributed by atoms with E-state index in [1.165, 1.54) is 0 Å². The van der Waals surface area contributed by atoms with Crippen molar-refractivity contribution in [1.29, 1.82) is 0 Å². The lowest BCUT2D eigenvalue weighted by Gasteiger charge is -2.21. The Morgan fingerprint density at radius 3 is 2.69 bits per heavy atom. The third kappa shape index (κ3) is 2.75. The molecule has 2 heterocycles. The summed E-state index contributed by atoms with van der Waals surface area (Å²) in [5.74, 6) is 2.13. The molecule has 0 amide bonds. The van der Waals surface area contributed by atoms with E-state index in [0.29, 0.717) is 23.4 Å². The lowest BCUT2D eigenvalue weighted by atomic mass is 10.0. The number of methoxy groups -OCH3 is 2. The lowest BCUT2D eigenvalue weighted by Crippen LogP contribution is -2.27. The van der Waals surface area contributed by atoms with Crippen LogP contribution < -0.4 is 15.0 Å². The maximum atomic E-state index is 12.8. The lowest BCUT2D eigenvalue weighted by molar-refractivity contribution is 0.355. The first-order valence-corrected chi connectivity index (χ1v) is 8.64. The monoisotopic (exact) mass is 348 g/mol. The number of ether oxygens (including phenoxy) is 2. The summed E-state index contributed by atoms with van der Waals surface area (Å²) in [5, 5.41) is 0.670. The maximum Gasteiger partial charge on any atom is 0.261 e. The summed E-state index contributed by atoms with van der Waals surface area (Å²) in [6.45, 7) is 0.704. The average molecular weight is 348 g/mol. The van der Waals surface area contributed by atoms with Crippen molar-refractivity contribution in [1.82, 2.24) is 9.55 Å². The van der Waals surface area contributed by atoms with E-state index in [2.05, 4.69) is 6.08 Å². The molecule has 132 valence electrons. The number of para-hydroxylation sites is 1. The normalized spacial score (nSPS) is 15.1. The zero-order chi connectivity index (χ0) is 18.1. The molecular weight excluding hydrogens is 328 g/mol. The van der Waals surface area contributed by atoms with Gasteiger partial charge in [0.05, 0.1) is 25.1 Å². The van der Waals surface area contributed by atoms with Gasteiger partial charge in [-0.2, -0.15) is 0 Å². The number of fused-ring (bicyclic) bond motifs is 2. The zero-order valence-electron chi connectivity index (χ0n) is 14.9. The van der Waals surface area contributed by atoms with Crippen molar-refractivity contribution >= 4 is 22.6 Å². The summed E-state index contributed by atoms with van der Waals surface area (Å²) in [5.41, 5.74) is 2.83. The molecule has 0 radical (unpaired) electrons. The Bertz CT molecular complexity index is 1070. The minimum Gasteiger partial charge on any atom is -0.493 e. The van der Waals surface area contributed by atoms with Crippen molar-refractivity contribution in [2.75, 3.05) is 14.2 Å². The Balaban J connectivity index is 1.86. The largest absolute Gasteiger partial charge is 0.493 e. The Morgan fingerprint density at radius 1 is 1.08 bits per heavy atom. The molecular formula is C21H20N2O3. The first-order valence-electron chi connectivity index (χ1n) is 8.64. The van der Waals surface area contributed by atoms with E-state index < -0.39 is 0 Å². The van der Waals surface area contributed by atoms with Crippen molar-refractivity contribution in [2.45, 2.75) is 19.4 Å². The van der Waals surface area contributed by atoms with Crippen LogP contribution in [-0.2, 0) is 6.54 Å². The Morgan fingerprint density at radius 2 is 1.88 bits per heavy atom. The van der Waals surface area contributed by atoms with Crippen molar-refractivity contribution in [3.05, 3.63) is 64.2 Å². The van der Waals surface area contributed by atoms with Crippen molar-refractivity contribution in [3.8, 4) is 11.5 Å². The van der Waals surface area contributed by atoms with Crippen molar-refractivity contribution < 1.29 is 9.47 Å². The van der Waals surface area contributed by atoms with Crippen LogP contribution in [0.15, 0.2) is 47.3 Å². The van der Waals surface area contributed by atoms with Crippen LogP contribution in [0.1, 0.15) is 24.2 Å². The van der Waals surface area contributed by atoms with E-state index in [1.54, 1.807) is 18.8 Å². The highest BCUT2D eigenvalue weighted by molar-refractivity contribution is 5.84. The van der Waals surface area contributed by atoms with Gasteiger partial charge in [-0.15, -0.1) is 0 Å². The van der Waals surface area contributed by atoms with Crippen molar-refractivity contribution in [2.24, 2.45) is 0 Å². The van der Waals surface area contributed by atoms with E-state index in [1.807, 2.05) is 42.5 Å². The first kappa shape index (κ1) is 16.4. The summed E-state index contributed by atoms with van der Waals surface area (Å²) in [7, 11) is 3.24. The van der Waals surface area contributed by atoms with Crippen LogP contribution in [0.2, 0.25) is 0 Å². The third-order valence-electron chi connectivity index (χ3n) is 4.73. The predicted octanol–water partition coefficient (Wildman–Crippen LogP) is 3.75. The maximum absolute atomic E-state index is 12.8. The molecule has 0 bridgehead atoms. The van der Waals surface area contributed by atoms with E-state index in [-0.39, 0.29) is 5.56 Å². The van der Waals surface area contributed by atoms with Gasteiger partial charge in [0, 0.05) is 6.54 Å². The minimum atomic E-state index is 0.0310. The highest BCUT2D eigenvalue weighted by Crippen LogP contribution is 2.31. The number of hydrogen-bond acceptors (Lipinski definition) is 4. The molecule has 0 fully saturated rings. The number of allylic oxidation sites excluding steroid dienone is 1. The number of rotatable bonds is 3. The quantitative estimate of drug-likeness (QED) is 0.723. The predicted molar refractivity (Wildman–Crippen MR) is 103 cm³/mol. The molecule has 4 rings (SSSR count). The molecule has 0 atom stereocenters. The number of aromatic nitrogens is 2. The summed E-state index contributed by atoms with van der Waals surface area (Å²) in [4.78, 5) is 17.6. The van der Waals surface area contributed by atoms with Gasteiger partial charge in [0.25, 0.3) is 5.56 Å². The fourth-order valence-corrected chi connectivity index (χ4v) is 3.44. The van der Waals surface area contributed by atoms with Gasteiger partial charge in [0.2, 0.25) is 0 Å². The molecule has 0 saturated carbocycles. The van der Waals surface area contributed by atoms with E-state index >= 15 is 0 Å². The van der Waals surface area contributed by atoms with Crippen molar-refractivity contribution in [3.63, 3.8) is 0 Å². The van der Waals surface area contributed by atoms with Gasteiger partial charge in [-0.25, -0.2) is 4.98 Å². The average Bonchev–Trinajstić information content (AvgIpc) is 2.69. The number of benzene rings is 2. The smallest absolute Gasteiger partial charge is 0.261 e. The van der Waals surface area contributed by atoms with Crippen LogP contribution in [0.3, 0.4) is 0 Å². The fraction of sp³-hybridized carbons (Fsp3) is 0.238. The summed E-state index contributed by atoms with van der Waals surface area (Å²) in [6.07, 6.45) is 3.89. The van der Waals surface area contributed by atoms with Gasteiger partial charge in [0.1, 0.15) is 5.82 Å². The topological polar surface area (TPSA) is 53.4 Å². The second-order valence-corrected chi connectivity index (χ2v) is 6.30. The Labute approximate surface area is 151 Å². The van der Waals surface area contributed by atoms with Crippen LogP contribution in [0.25, 0.3) is 22.6 Å². The molecule has 0 spiro atoms. The standard InChI is InChI=1S/C21H20N2O3/c1-25-18-10-9-14(13-19(18)26-2)12-15-6-5-11-23-20(15)22-17-8-4-3-7-16(17)21(23)24/h3-4,7-10,12-13H,5-6,11H2,1-2H3/b15-12+. The summed E-state index contributed by atoms with van der Waals surface area (Å²) < 4.78 is 12.5. The van der Waals surface area contributed by atoms with Gasteiger partial charge in [0.15, 0.2) is 11.5 Å². The van der Waals surface area contributed by atoms with Gasteiger partial charge in [-0.3, -0.25) is 9.36 Å². The Hall–Kier alpha value is -3.08. The highest BCUT2D eigenvalue weighted by atomic mass is 16.5. The molecule has 0 aliphatic carbocycles. The van der Waals surface area contributed by atoms with Crippen LogP contribution >= 0.6 is 0 Å². The second kappa shape index (κ2) is 6.67. The molecule has 5 heteroatoms. The van der Waals surface area contributed by atoms with Crippen LogP contribution in [-0.4, -0.2) is 23.8 Å². The minimum absolute atomic E-state index is 0.0310. The van der Waals surface area contributed by atoms with Gasteiger partial charge < -0.3 is 9.47 Å². The zero-order valence-corrected chi connectivity index (χ0v) is 14.9. The Kier molecular flexibility index (Phi) is 4.21. The second-order valence-electron chi connectivity index (χ2n) is 6.30. The number of hydrogen-bond donors (Lipinski definition) is 0. The molecule has 0 unspecified atom stereocenters. The van der Waals surface area contributed by atoms with Crippen LogP contribution in [0.4, 0.5) is 0 Å². The molecule has 1 aromatic heterocycles. The highest BCUT2D eigenvalue weighted by Gasteiger charge is 2.19. The molecule has 0 saturated heterocycles. The van der Waals surface area contributed by atoms with Gasteiger partial charge in [-0.05, 0) is 54.3 Å². The van der Waals surface area contributed by atoms with E-state index in [9.17, 15) is 4.79 Å². The fourth-order valence-electron chi connectivity index (χ4n) is 3.44. The molecule has 2 aromatic carbocycles.